The Morgan fingerprint density at radius 2 is 2.11 bits per heavy atom. The monoisotopic (exact) mass is 248 g/mol. The Labute approximate surface area is 106 Å². The van der Waals surface area contributed by atoms with E-state index in [2.05, 4.69) is 18.9 Å². The fraction of sp³-hybridized carbons (Fsp3) is 0.357. The molecule has 18 heavy (non-hydrogen) atoms. The van der Waals surface area contributed by atoms with E-state index < -0.39 is 0 Å². The van der Waals surface area contributed by atoms with Crippen molar-refractivity contribution in [2.75, 3.05) is 0 Å². The van der Waals surface area contributed by atoms with Crippen LogP contribution in [0.15, 0.2) is 36.5 Å². The summed E-state index contributed by atoms with van der Waals surface area (Å²) in [5.74, 6) is -0.0885. The fourth-order valence-corrected chi connectivity index (χ4v) is 1.60. The van der Waals surface area contributed by atoms with Crippen LogP contribution in [0.25, 0.3) is 0 Å². The summed E-state index contributed by atoms with van der Waals surface area (Å²) in [7, 11) is 0. The molecule has 2 aromatic rings. The normalized spacial score (nSPS) is 12.4. The highest BCUT2D eigenvalue weighted by atomic mass is 19.1. The Morgan fingerprint density at radius 3 is 2.83 bits per heavy atom. The Bertz CT molecular complexity index is 510. The molecule has 0 aliphatic carbocycles. The largest absolute Gasteiger partial charge is 0.484 e. The molecule has 0 fully saturated rings. The van der Waals surface area contributed by atoms with E-state index in [0.717, 1.165) is 12.1 Å². The van der Waals surface area contributed by atoms with Crippen LogP contribution in [0, 0.1) is 5.82 Å². The van der Waals surface area contributed by atoms with E-state index in [-0.39, 0.29) is 18.2 Å². The first kappa shape index (κ1) is 12.6. The number of aromatic nitrogens is 2. The second-order valence-corrected chi connectivity index (χ2v) is 4.26. The van der Waals surface area contributed by atoms with Crippen LogP contribution >= 0.6 is 0 Å². The number of hydrogen-bond donors (Lipinski definition) is 0. The Balaban J connectivity index is 1.98. The first-order valence-electron chi connectivity index (χ1n) is 6.12. The maximum atomic E-state index is 13.3. The van der Waals surface area contributed by atoms with Gasteiger partial charge in [0, 0.05) is 12.2 Å². The molecule has 3 nitrogen and oxygen atoms in total. The zero-order chi connectivity index (χ0) is 13.0. The van der Waals surface area contributed by atoms with Gasteiger partial charge in [-0.1, -0.05) is 19.1 Å². The maximum Gasteiger partial charge on any atom is 0.165 e. The molecule has 1 heterocycles. The van der Waals surface area contributed by atoms with Crippen LogP contribution in [-0.4, -0.2) is 9.78 Å². The molecule has 0 spiro atoms. The standard InChI is InChI=1S/C14H17FN2O/c1-3-11(2)17-9-8-12(16-17)10-18-14-7-5-4-6-13(14)15/h4-9,11H,3,10H2,1-2H3. The molecule has 0 saturated heterocycles. The van der Waals surface area contributed by atoms with Crippen LogP contribution in [-0.2, 0) is 6.61 Å². The SMILES string of the molecule is CCC(C)n1ccc(COc2ccccc2F)n1. The highest BCUT2D eigenvalue weighted by Gasteiger charge is 2.06. The lowest BCUT2D eigenvalue weighted by atomic mass is 10.3. The minimum absolute atomic E-state index is 0.260. The molecule has 0 N–H and O–H groups in total. The molecule has 1 atom stereocenters. The van der Waals surface area contributed by atoms with Crippen molar-refractivity contribution in [3.63, 3.8) is 0 Å². The van der Waals surface area contributed by atoms with E-state index in [4.69, 9.17) is 4.74 Å². The molecule has 0 radical (unpaired) electrons. The van der Waals surface area contributed by atoms with Gasteiger partial charge in [-0.15, -0.1) is 0 Å². The molecule has 1 aromatic carbocycles. The van der Waals surface area contributed by atoms with Gasteiger partial charge in [0.25, 0.3) is 0 Å². The summed E-state index contributed by atoms with van der Waals surface area (Å²) in [4.78, 5) is 0. The summed E-state index contributed by atoms with van der Waals surface area (Å²) < 4.78 is 20.6. The molecule has 1 aromatic heterocycles. The minimum atomic E-state index is -0.348. The summed E-state index contributed by atoms with van der Waals surface area (Å²) in [6.45, 7) is 4.50. The molecular weight excluding hydrogens is 231 g/mol. The van der Waals surface area contributed by atoms with Crippen molar-refractivity contribution in [3.8, 4) is 5.75 Å². The van der Waals surface area contributed by atoms with Crippen LogP contribution in [0.3, 0.4) is 0 Å². The van der Waals surface area contributed by atoms with Crippen LogP contribution in [0.1, 0.15) is 32.0 Å². The Hall–Kier alpha value is -1.84. The van der Waals surface area contributed by atoms with Crippen molar-refractivity contribution in [1.29, 1.82) is 0 Å². The predicted octanol–water partition coefficient (Wildman–Crippen LogP) is 3.57. The van der Waals surface area contributed by atoms with Crippen LogP contribution < -0.4 is 4.74 Å². The maximum absolute atomic E-state index is 13.3. The molecule has 0 amide bonds. The van der Waals surface area contributed by atoms with E-state index >= 15 is 0 Å². The minimum Gasteiger partial charge on any atom is -0.484 e. The van der Waals surface area contributed by atoms with Gasteiger partial charge in [-0.25, -0.2) is 4.39 Å². The quantitative estimate of drug-likeness (QED) is 0.808. The highest BCUT2D eigenvalue weighted by Crippen LogP contribution is 2.17. The lowest BCUT2D eigenvalue weighted by Crippen LogP contribution is -2.06. The Morgan fingerprint density at radius 1 is 1.33 bits per heavy atom. The first-order chi connectivity index (χ1) is 8.70. The van der Waals surface area contributed by atoms with Gasteiger partial charge in [-0.05, 0) is 31.5 Å². The van der Waals surface area contributed by atoms with Crippen molar-refractivity contribution in [2.45, 2.75) is 32.9 Å². The smallest absolute Gasteiger partial charge is 0.165 e. The number of nitrogens with zero attached hydrogens (tertiary/aromatic N) is 2. The molecule has 96 valence electrons. The summed E-state index contributed by atoms with van der Waals surface area (Å²) in [6.07, 6.45) is 2.95. The van der Waals surface area contributed by atoms with Crippen LogP contribution in [0.5, 0.6) is 5.75 Å². The summed E-state index contributed by atoms with van der Waals surface area (Å²) in [6, 6.07) is 8.64. The second kappa shape index (κ2) is 5.67. The highest BCUT2D eigenvalue weighted by molar-refractivity contribution is 5.23. The molecule has 0 saturated carbocycles. The van der Waals surface area contributed by atoms with E-state index in [0.29, 0.717) is 6.04 Å². The molecule has 1 unspecified atom stereocenters. The van der Waals surface area contributed by atoms with Crippen molar-refractivity contribution in [1.82, 2.24) is 9.78 Å². The number of benzene rings is 1. The van der Waals surface area contributed by atoms with Gasteiger partial charge in [0.2, 0.25) is 0 Å². The number of para-hydroxylation sites is 1. The van der Waals surface area contributed by atoms with E-state index in [1.54, 1.807) is 18.2 Å². The Kier molecular flexibility index (Phi) is 3.97. The van der Waals surface area contributed by atoms with Crippen molar-refractivity contribution >= 4 is 0 Å². The van der Waals surface area contributed by atoms with Crippen molar-refractivity contribution < 1.29 is 9.13 Å². The third-order valence-corrected chi connectivity index (χ3v) is 2.92. The molecule has 0 aliphatic rings. The zero-order valence-corrected chi connectivity index (χ0v) is 10.6. The lowest BCUT2D eigenvalue weighted by molar-refractivity contribution is 0.283. The average molecular weight is 248 g/mol. The number of ether oxygens (including phenoxy) is 1. The van der Waals surface area contributed by atoms with Crippen molar-refractivity contribution in [2.24, 2.45) is 0 Å². The zero-order valence-electron chi connectivity index (χ0n) is 10.6. The summed E-state index contributed by atoms with van der Waals surface area (Å²) in [5.41, 5.74) is 0.804. The fourth-order valence-electron chi connectivity index (χ4n) is 1.60. The van der Waals surface area contributed by atoms with Crippen LogP contribution in [0.4, 0.5) is 4.39 Å². The van der Waals surface area contributed by atoms with Gasteiger partial charge in [0.05, 0.1) is 5.69 Å². The predicted molar refractivity (Wildman–Crippen MR) is 68.0 cm³/mol. The van der Waals surface area contributed by atoms with Gasteiger partial charge in [0.1, 0.15) is 6.61 Å². The first-order valence-corrected chi connectivity index (χ1v) is 6.12. The molecule has 0 aliphatic heterocycles. The van der Waals surface area contributed by atoms with E-state index in [1.165, 1.54) is 6.07 Å². The molecule has 4 heteroatoms. The van der Waals surface area contributed by atoms with Gasteiger partial charge in [0.15, 0.2) is 11.6 Å². The van der Waals surface area contributed by atoms with Crippen molar-refractivity contribution in [3.05, 3.63) is 48.0 Å². The van der Waals surface area contributed by atoms with E-state index in [1.807, 2.05) is 16.9 Å². The summed E-state index contributed by atoms with van der Waals surface area (Å²) in [5, 5.41) is 4.39. The third kappa shape index (κ3) is 2.88. The average Bonchev–Trinajstić information content (AvgIpc) is 2.86. The molecular formula is C14H17FN2O. The van der Waals surface area contributed by atoms with Gasteiger partial charge < -0.3 is 4.74 Å². The van der Waals surface area contributed by atoms with E-state index in [9.17, 15) is 4.39 Å². The van der Waals surface area contributed by atoms with Gasteiger partial charge in [-0.3, -0.25) is 4.68 Å². The molecule has 0 bridgehead atoms. The summed E-state index contributed by atoms with van der Waals surface area (Å²) >= 11 is 0. The lowest BCUT2D eigenvalue weighted by Gasteiger charge is -2.08. The second-order valence-electron chi connectivity index (χ2n) is 4.26. The third-order valence-electron chi connectivity index (χ3n) is 2.92. The van der Waals surface area contributed by atoms with Gasteiger partial charge in [-0.2, -0.15) is 5.10 Å². The topological polar surface area (TPSA) is 27.1 Å². The van der Waals surface area contributed by atoms with Crippen LogP contribution in [0.2, 0.25) is 0 Å². The number of rotatable bonds is 5. The number of halogens is 1. The molecule has 2 rings (SSSR count). The van der Waals surface area contributed by atoms with Gasteiger partial charge >= 0.3 is 0 Å². The number of hydrogen-bond acceptors (Lipinski definition) is 2.